The van der Waals surface area contributed by atoms with Crippen molar-refractivity contribution < 1.29 is 59.7 Å². The Bertz CT molecular complexity index is 2040. The average Bonchev–Trinajstić information content (AvgIpc) is 4.08. The van der Waals surface area contributed by atoms with Crippen LogP contribution in [0.5, 0.6) is 11.6 Å². The van der Waals surface area contributed by atoms with Crippen LogP contribution in [-0.4, -0.2) is 110 Å². The molecule has 4 aliphatic rings. The van der Waals surface area contributed by atoms with Gasteiger partial charge in [0.1, 0.15) is 29.5 Å². The van der Waals surface area contributed by atoms with Crippen LogP contribution in [0, 0.1) is 17.8 Å². The van der Waals surface area contributed by atoms with E-state index < -0.39 is 86.4 Å². The minimum atomic E-state index is -4.94. The van der Waals surface area contributed by atoms with Gasteiger partial charge < -0.3 is 34.5 Å². The van der Waals surface area contributed by atoms with Crippen LogP contribution in [0.15, 0.2) is 42.6 Å². The molecule has 1 saturated heterocycles. The fraction of sp³-hybridized carbons (Fsp3) is 0.615. The van der Waals surface area contributed by atoms with Crippen molar-refractivity contribution >= 4 is 44.6 Å². The predicted octanol–water partition coefficient (Wildman–Crippen LogP) is 4.15. The molecule has 3 N–H and O–H groups in total. The number of benzene rings is 1. The number of amides is 4. The summed E-state index contributed by atoms with van der Waals surface area (Å²) >= 11 is 0. The number of rotatable bonds is 10. The van der Waals surface area contributed by atoms with Gasteiger partial charge in [0.15, 0.2) is 0 Å². The van der Waals surface area contributed by atoms with Crippen LogP contribution in [-0.2, 0) is 33.9 Å². The summed E-state index contributed by atoms with van der Waals surface area (Å²) in [5, 5.41) is 5.71. The largest absolute Gasteiger partial charge is 0.494 e. The highest BCUT2D eigenvalue weighted by Gasteiger charge is 2.62. The van der Waals surface area contributed by atoms with E-state index in [0.717, 1.165) is 4.90 Å². The van der Waals surface area contributed by atoms with Crippen molar-refractivity contribution in [2.75, 3.05) is 27.4 Å². The zero-order chi connectivity index (χ0) is 42.2. The number of methoxy groups -OCH3 is 2. The minimum Gasteiger partial charge on any atom is -0.494 e. The molecule has 318 valence electrons. The number of carbonyl (C=O) groups is 4. The summed E-state index contributed by atoms with van der Waals surface area (Å²) in [6.07, 6.45) is -0.120. The van der Waals surface area contributed by atoms with Gasteiger partial charge in [-0.25, -0.2) is 18.2 Å². The maximum Gasteiger partial charge on any atom is 0.427 e. The topological polar surface area (TPSA) is 192 Å². The third kappa shape index (κ3) is 9.14. The molecule has 2 saturated carbocycles. The molecule has 1 aromatic carbocycles. The van der Waals surface area contributed by atoms with E-state index in [1.165, 1.54) is 20.4 Å². The Morgan fingerprint density at radius 1 is 1.07 bits per heavy atom. The highest BCUT2D eigenvalue weighted by Crippen LogP contribution is 2.46. The number of ether oxygens (including phenoxy) is 4. The van der Waals surface area contributed by atoms with E-state index in [1.54, 1.807) is 30.3 Å². The number of allylic oxidation sites excluding steroid dienone is 1. The van der Waals surface area contributed by atoms with Crippen LogP contribution in [0.1, 0.15) is 65.7 Å². The number of alkyl carbamates (subject to hydrolysis) is 1. The molecule has 15 nitrogen and oxygen atoms in total. The highest BCUT2D eigenvalue weighted by molar-refractivity contribution is 7.91. The minimum absolute atomic E-state index is 0.0905. The molecule has 2 aliphatic carbocycles. The SMILES string of the molecule is COC[C@@H]1C[C@H](C)CC/C=C\[C@H]2C[C@]2(C(=O)NS(=O)(=O)C2CC2)NC(=O)[C@@H]2C[C@@H](Oc3ncc(OC)c4ccccc34)CN2C(=O)[C@H]1NC(=O)OC(C)(C)C(F)(F)F. The summed E-state index contributed by atoms with van der Waals surface area (Å²) in [5.41, 5.74) is -4.56. The van der Waals surface area contributed by atoms with Gasteiger partial charge in [-0.1, -0.05) is 37.3 Å². The van der Waals surface area contributed by atoms with Crippen molar-refractivity contribution in [2.45, 2.75) is 106 Å². The molecule has 0 bridgehead atoms. The third-order valence-electron chi connectivity index (χ3n) is 11.4. The van der Waals surface area contributed by atoms with E-state index in [9.17, 15) is 40.8 Å². The number of halogens is 3. The number of fused-ring (bicyclic) bond motifs is 3. The van der Waals surface area contributed by atoms with Crippen molar-refractivity contribution in [1.29, 1.82) is 0 Å². The average molecular weight is 838 g/mol. The summed E-state index contributed by atoms with van der Waals surface area (Å²) in [6, 6.07) is 4.25. The van der Waals surface area contributed by atoms with Gasteiger partial charge in [0.25, 0.3) is 5.91 Å². The number of carbonyl (C=O) groups excluding carboxylic acids is 4. The maximum absolute atomic E-state index is 14.9. The normalized spacial score (nSPS) is 28.9. The summed E-state index contributed by atoms with van der Waals surface area (Å²) in [4.78, 5) is 62.1. The molecule has 3 heterocycles. The van der Waals surface area contributed by atoms with Crippen LogP contribution < -0.4 is 24.8 Å². The van der Waals surface area contributed by atoms with Crippen molar-refractivity contribution in [3.8, 4) is 11.6 Å². The molecule has 4 amide bonds. The molecular formula is C39H50F3N5O10S. The van der Waals surface area contributed by atoms with Gasteiger partial charge in [-0.2, -0.15) is 13.2 Å². The Morgan fingerprint density at radius 3 is 2.43 bits per heavy atom. The number of sulfonamides is 1. The molecule has 6 rings (SSSR count). The number of aromatic nitrogens is 1. The molecule has 58 heavy (non-hydrogen) atoms. The van der Waals surface area contributed by atoms with Gasteiger partial charge in [-0.3, -0.25) is 19.1 Å². The van der Waals surface area contributed by atoms with Crippen molar-refractivity contribution in [3.63, 3.8) is 0 Å². The summed E-state index contributed by atoms with van der Waals surface area (Å²) in [5.74, 6) is -3.33. The quantitative estimate of drug-likeness (QED) is 0.292. The number of nitrogens with zero attached hydrogens (tertiary/aromatic N) is 2. The lowest BCUT2D eigenvalue weighted by Crippen LogP contribution is -2.60. The van der Waals surface area contributed by atoms with Crippen molar-refractivity contribution in [2.24, 2.45) is 17.8 Å². The Balaban J connectivity index is 1.38. The zero-order valence-electron chi connectivity index (χ0n) is 33.0. The molecule has 0 radical (unpaired) electrons. The lowest BCUT2D eigenvalue weighted by molar-refractivity contribution is -0.244. The van der Waals surface area contributed by atoms with Crippen molar-refractivity contribution in [1.82, 2.24) is 25.2 Å². The first-order chi connectivity index (χ1) is 27.3. The van der Waals surface area contributed by atoms with E-state index >= 15 is 0 Å². The van der Waals surface area contributed by atoms with E-state index in [2.05, 4.69) is 20.3 Å². The third-order valence-corrected chi connectivity index (χ3v) is 13.2. The van der Waals surface area contributed by atoms with Crippen molar-refractivity contribution in [3.05, 3.63) is 42.6 Å². The smallest absolute Gasteiger partial charge is 0.427 e. The summed E-state index contributed by atoms with van der Waals surface area (Å²) in [7, 11) is -1.11. The molecule has 19 heteroatoms. The number of hydrogen-bond donors (Lipinski definition) is 3. The molecular weight excluding hydrogens is 788 g/mol. The van der Waals surface area contributed by atoms with Crippen LogP contribution in [0.3, 0.4) is 0 Å². The molecule has 7 atom stereocenters. The van der Waals surface area contributed by atoms with E-state index in [0.29, 0.717) is 56.1 Å². The van der Waals surface area contributed by atoms with Gasteiger partial charge >= 0.3 is 12.3 Å². The lowest BCUT2D eigenvalue weighted by atomic mass is 9.87. The first-order valence-electron chi connectivity index (χ1n) is 19.3. The molecule has 3 fully saturated rings. The van der Waals surface area contributed by atoms with Crippen LogP contribution in [0.25, 0.3) is 10.8 Å². The molecule has 0 unspecified atom stereocenters. The maximum atomic E-state index is 14.9. The van der Waals surface area contributed by atoms with Gasteiger partial charge in [-0.05, 0) is 64.4 Å². The lowest BCUT2D eigenvalue weighted by Gasteiger charge is -2.35. The van der Waals surface area contributed by atoms with Crippen LogP contribution in [0.4, 0.5) is 18.0 Å². The number of alkyl halides is 3. The Morgan fingerprint density at radius 2 is 1.78 bits per heavy atom. The van der Waals surface area contributed by atoms with Crippen LogP contribution >= 0.6 is 0 Å². The predicted molar refractivity (Wildman–Crippen MR) is 203 cm³/mol. The van der Waals surface area contributed by atoms with Gasteiger partial charge in [0, 0.05) is 36.1 Å². The zero-order valence-corrected chi connectivity index (χ0v) is 33.8. The van der Waals surface area contributed by atoms with Gasteiger partial charge in [0.2, 0.25) is 33.3 Å². The van der Waals surface area contributed by atoms with E-state index in [4.69, 9.17) is 18.9 Å². The first-order valence-corrected chi connectivity index (χ1v) is 20.8. The number of nitrogens with one attached hydrogen (secondary N) is 3. The fourth-order valence-electron chi connectivity index (χ4n) is 7.69. The standard InChI is InChI=1S/C39H50F3N5O10S/c1-22-10-6-7-11-24-18-38(24,35(50)46-58(52,53)26-14-15-26)45-32(48)29-17-25(56-33-28-13-9-8-12-27(28)30(55-5)19-43-33)20-47(29)34(49)31(23(16-22)21-54-4)44-36(51)57-37(2,3)39(40,41)42/h7-9,11-13,19,22-26,29,31H,6,10,14-18,20-21H2,1-5H3,(H,44,51)(H,45,48)(H,46,50)/b11-7-/t22-,23+,24+,25-,29+,31+,38+/m1/s1. The highest BCUT2D eigenvalue weighted by atomic mass is 32.2. The first kappa shape index (κ1) is 42.9. The summed E-state index contributed by atoms with van der Waals surface area (Å²) in [6.45, 7) is 2.94. The fourth-order valence-corrected chi connectivity index (χ4v) is 9.06. The monoisotopic (exact) mass is 837 g/mol. The summed E-state index contributed by atoms with van der Waals surface area (Å²) < 4.78 is 91.5. The molecule has 2 aromatic rings. The van der Waals surface area contributed by atoms with E-state index in [1.807, 2.05) is 13.0 Å². The second-order valence-electron chi connectivity index (χ2n) is 16.2. The van der Waals surface area contributed by atoms with Gasteiger partial charge in [-0.15, -0.1) is 0 Å². The van der Waals surface area contributed by atoms with Crippen LogP contribution in [0.2, 0.25) is 0 Å². The number of pyridine rings is 1. The Hall–Kier alpha value is -4.65. The molecule has 0 spiro atoms. The Labute approximate surface area is 334 Å². The molecule has 2 aliphatic heterocycles. The number of hydrogen-bond acceptors (Lipinski definition) is 11. The van der Waals surface area contributed by atoms with E-state index in [-0.39, 0.29) is 44.2 Å². The second kappa shape index (κ2) is 16.5. The Kier molecular flexibility index (Phi) is 12.2. The molecule has 1 aromatic heterocycles. The van der Waals surface area contributed by atoms with Gasteiger partial charge in [0.05, 0.1) is 31.7 Å². The second-order valence-corrected chi connectivity index (χ2v) is 18.1.